The van der Waals surface area contributed by atoms with Crippen LogP contribution in [0.5, 0.6) is 0 Å². The highest BCUT2D eigenvalue weighted by molar-refractivity contribution is 5.90. The molecule has 1 amide bonds. The Morgan fingerprint density at radius 3 is 2.38 bits per heavy atom. The van der Waals surface area contributed by atoms with Crippen molar-refractivity contribution in [3.63, 3.8) is 0 Å². The predicted molar refractivity (Wildman–Crippen MR) is 67.3 cm³/mol. The van der Waals surface area contributed by atoms with Gasteiger partial charge in [-0.1, -0.05) is 26.0 Å². The van der Waals surface area contributed by atoms with E-state index in [1.54, 1.807) is 0 Å². The molecule has 16 heavy (non-hydrogen) atoms. The fourth-order valence-electron chi connectivity index (χ4n) is 1.49. The number of hydrogen-bond acceptors (Lipinski definition) is 2. The molecule has 0 radical (unpaired) electrons. The summed E-state index contributed by atoms with van der Waals surface area (Å²) in [6.45, 7) is 4.92. The standard InChI is InChI=1S/C13H20N2O/c1-10(2)8-13(16)15-12-6-4-11(5-7-12)9-14-3/h4-7,10,14H,8-9H2,1-3H3,(H,15,16). The summed E-state index contributed by atoms with van der Waals surface area (Å²) < 4.78 is 0. The summed E-state index contributed by atoms with van der Waals surface area (Å²) in [7, 11) is 1.92. The van der Waals surface area contributed by atoms with E-state index in [0.29, 0.717) is 12.3 Å². The monoisotopic (exact) mass is 220 g/mol. The number of nitrogens with one attached hydrogen (secondary N) is 2. The highest BCUT2D eigenvalue weighted by atomic mass is 16.1. The van der Waals surface area contributed by atoms with Gasteiger partial charge in [-0.25, -0.2) is 0 Å². The minimum atomic E-state index is 0.0800. The quantitative estimate of drug-likeness (QED) is 0.800. The number of anilines is 1. The zero-order chi connectivity index (χ0) is 12.0. The molecular formula is C13H20N2O. The molecule has 88 valence electrons. The van der Waals surface area contributed by atoms with Gasteiger partial charge in [0.05, 0.1) is 0 Å². The SMILES string of the molecule is CNCc1ccc(NC(=O)CC(C)C)cc1. The van der Waals surface area contributed by atoms with Crippen LogP contribution < -0.4 is 10.6 Å². The Labute approximate surface area is 97.2 Å². The van der Waals surface area contributed by atoms with Crippen LogP contribution >= 0.6 is 0 Å². The van der Waals surface area contributed by atoms with Gasteiger partial charge in [0.25, 0.3) is 0 Å². The van der Waals surface area contributed by atoms with Gasteiger partial charge in [0.1, 0.15) is 0 Å². The van der Waals surface area contributed by atoms with Crippen LogP contribution in [0.4, 0.5) is 5.69 Å². The van der Waals surface area contributed by atoms with Crippen LogP contribution in [-0.4, -0.2) is 13.0 Å². The van der Waals surface area contributed by atoms with E-state index < -0.39 is 0 Å². The van der Waals surface area contributed by atoms with Crippen molar-refractivity contribution in [2.45, 2.75) is 26.8 Å². The molecule has 1 rings (SSSR count). The molecule has 0 spiro atoms. The van der Waals surface area contributed by atoms with Gasteiger partial charge in [-0.15, -0.1) is 0 Å². The summed E-state index contributed by atoms with van der Waals surface area (Å²) in [4.78, 5) is 11.5. The minimum absolute atomic E-state index is 0.0800. The van der Waals surface area contributed by atoms with Crippen LogP contribution in [0.25, 0.3) is 0 Å². The van der Waals surface area contributed by atoms with Crippen molar-refractivity contribution >= 4 is 11.6 Å². The molecule has 0 bridgehead atoms. The molecule has 0 saturated heterocycles. The highest BCUT2D eigenvalue weighted by Crippen LogP contribution is 2.11. The van der Waals surface area contributed by atoms with Gasteiger partial charge in [-0.3, -0.25) is 4.79 Å². The number of carbonyl (C=O) groups is 1. The molecular weight excluding hydrogens is 200 g/mol. The average molecular weight is 220 g/mol. The van der Waals surface area contributed by atoms with E-state index in [2.05, 4.69) is 10.6 Å². The molecule has 0 aliphatic rings. The molecule has 0 aliphatic heterocycles. The molecule has 3 nitrogen and oxygen atoms in total. The van der Waals surface area contributed by atoms with Gasteiger partial charge in [0.15, 0.2) is 0 Å². The van der Waals surface area contributed by atoms with Gasteiger partial charge >= 0.3 is 0 Å². The molecule has 0 heterocycles. The third-order valence-electron chi connectivity index (χ3n) is 2.21. The van der Waals surface area contributed by atoms with Crippen molar-refractivity contribution in [1.82, 2.24) is 5.32 Å². The lowest BCUT2D eigenvalue weighted by atomic mass is 10.1. The molecule has 0 aliphatic carbocycles. The first-order valence-corrected chi connectivity index (χ1v) is 5.65. The van der Waals surface area contributed by atoms with Crippen molar-refractivity contribution in [3.05, 3.63) is 29.8 Å². The molecule has 0 unspecified atom stereocenters. The number of rotatable bonds is 5. The topological polar surface area (TPSA) is 41.1 Å². The fourth-order valence-corrected chi connectivity index (χ4v) is 1.49. The molecule has 3 heteroatoms. The van der Waals surface area contributed by atoms with Crippen molar-refractivity contribution < 1.29 is 4.79 Å². The smallest absolute Gasteiger partial charge is 0.224 e. The van der Waals surface area contributed by atoms with Crippen LogP contribution in [0.2, 0.25) is 0 Å². The Morgan fingerprint density at radius 1 is 1.25 bits per heavy atom. The summed E-state index contributed by atoms with van der Waals surface area (Å²) in [5.74, 6) is 0.472. The second kappa shape index (κ2) is 6.28. The van der Waals surface area contributed by atoms with E-state index in [1.165, 1.54) is 5.56 Å². The van der Waals surface area contributed by atoms with Gasteiger partial charge in [0, 0.05) is 18.7 Å². The summed E-state index contributed by atoms with van der Waals surface area (Å²) in [5, 5.41) is 5.97. The lowest BCUT2D eigenvalue weighted by Gasteiger charge is -2.07. The predicted octanol–water partition coefficient (Wildman–Crippen LogP) is 2.39. The summed E-state index contributed by atoms with van der Waals surface area (Å²) >= 11 is 0. The van der Waals surface area contributed by atoms with Crippen LogP contribution in [0.1, 0.15) is 25.8 Å². The van der Waals surface area contributed by atoms with Gasteiger partial charge in [-0.2, -0.15) is 0 Å². The Balaban J connectivity index is 2.51. The third kappa shape index (κ3) is 4.45. The lowest BCUT2D eigenvalue weighted by Crippen LogP contribution is -2.13. The van der Waals surface area contributed by atoms with Crippen LogP contribution in [0.3, 0.4) is 0 Å². The number of benzene rings is 1. The van der Waals surface area contributed by atoms with E-state index in [9.17, 15) is 4.79 Å². The van der Waals surface area contributed by atoms with Crippen molar-refractivity contribution in [2.24, 2.45) is 5.92 Å². The summed E-state index contributed by atoms with van der Waals surface area (Å²) in [6, 6.07) is 7.90. The van der Waals surface area contributed by atoms with Crippen LogP contribution in [0.15, 0.2) is 24.3 Å². The van der Waals surface area contributed by atoms with E-state index in [1.807, 2.05) is 45.2 Å². The fraction of sp³-hybridized carbons (Fsp3) is 0.462. The first kappa shape index (κ1) is 12.7. The van der Waals surface area contributed by atoms with E-state index in [-0.39, 0.29) is 5.91 Å². The second-order valence-electron chi connectivity index (χ2n) is 4.37. The largest absolute Gasteiger partial charge is 0.326 e. The normalized spacial score (nSPS) is 10.5. The van der Waals surface area contributed by atoms with E-state index >= 15 is 0 Å². The van der Waals surface area contributed by atoms with Gasteiger partial charge < -0.3 is 10.6 Å². The zero-order valence-corrected chi connectivity index (χ0v) is 10.2. The van der Waals surface area contributed by atoms with E-state index in [0.717, 1.165) is 12.2 Å². The first-order valence-electron chi connectivity index (χ1n) is 5.65. The maximum absolute atomic E-state index is 11.5. The van der Waals surface area contributed by atoms with Crippen molar-refractivity contribution in [2.75, 3.05) is 12.4 Å². The zero-order valence-electron chi connectivity index (χ0n) is 10.2. The Morgan fingerprint density at radius 2 is 1.88 bits per heavy atom. The van der Waals surface area contributed by atoms with Crippen molar-refractivity contribution in [3.8, 4) is 0 Å². The Hall–Kier alpha value is -1.35. The molecule has 0 aromatic heterocycles. The number of amides is 1. The molecule has 0 saturated carbocycles. The molecule has 1 aromatic carbocycles. The van der Waals surface area contributed by atoms with Crippen molar-refractivity contribution in [1.29, 1.82) is 0 Å². The number of carbonyl (C=O) groups excluding carboxylic acids is 1. The van der Waals surface area contributed by atoms with Crippen LogP contribution in [0, 0.1) is 5.92 Å². The third-order valence-corrected chi connectivity index (χ3v) is 2.21. The van der Waals surface area contributed by atoms with Gasteiger partial charge in [0.2, 0.25) is 5.91 Å². The Bertz CT molecular complexity index is 330. The minimum Gasteiger partial charge on any atom is -0.326 e. The number of hydrogen-bond donors (Lipinski definition) is 2. The molecule has 1 aromatic rings. The average Bonchev–Trinajstić information content (AvgIpc) is 2.20. The van der Waals surface area contributed by atoms with Gasteiger partial charge in [-0.05, 0) is 30.7 Å². The highest BCUT2D eigenvalue weighted by Gasteiger charge is 2.04. The Kier molecular flexibility index (Phi) is 4.99. The summed E-state index contributed by atoms with van der Waals surface area (Å²) in [6.07, 6.45) is 0.568. The summed E-state index contributed by atoms with van der Waals surface area (Å²) in [5.41, 5.74) is 2.08. The molecule has 0 atom stereocenters. The van der Waals surface area contributed by atoms with E-state index in [4.69, 9.17) is 0 Å². The van der Waals surface area contributed by atoms with Crippen LogP contribution in [-0.2, 0) is 11.3 Å². The maximum atomic E-state index is 11.5. The first-order chi connectivity index (χ1) is 7.61. The molecule has 0 fully saturated rings. The second-order valence-corrected chi connectivity index (χ2v) is 4.37. The molecule has 2 N–H and O–H groups in total. The lowest BCUT2D eigenvalue weighted by molar-refractivity contribution is -0.116. The maximum Gasteiger partial charge on any atom is 0.224 e.